The monoisotopic (exact) mass is 417 g/mol. The van der Waals surface area contributed by atoms with E-state index in [1.54, 1.807) is 0 Å². The van der Waals surface area contributed by atoms with Gasteiger partial charge in [-0.25, -0.2) is 0 Å². The molecule has 2 rings (SSSR count). The molecule has 0 saturated heterocycles. The lowest BCUT2D eigenvalue weighted by atomic mass is 10.2. The molecule has 0 aliphatic rings. The highest BCUT2D eigenvalue weighted by atomic mass is 79.9. The number of nitrogens with zero attached hydrogens (tertiary/aromatic N) is 2. The first-order chi connectivity index (χ1) is 10.0. The summed E-state index contributed by atoms with van der Waals surface area (Å²) in [7, 11) is 1.91. The van der Waals surface area contributed by atoms with E-state index in [9.17, 15) is 0 Å². The summed E-state index contributed by atoms with van der Waals surface area (Å²) in [6, 6.07) is 4.04. The van der Waals surface area contributed by atoms with Crippen LogP contribution in [0.1, 0.15) is 37.0 Å². The minimum absolute atomic E-state index is 0.238. The van der Waals surface area contributed by atoms with Crippen LogP contribution in [0.5, 0.6) is 5.75 Å². The molecule has 0 aliphatic carbocycles. The minimum atomic E-state index is 0.238. The lowest BCUT2D eigenvalue weighted by molar-refractivity contribution is 0.240. The maximum absolute atomic E-state index is 5.77. The highest BCUT2D eigenvalue weighted by Gasteiger charge is 2.13. The molecule has 0 radical (unpaired) electrons. The van der Waals surface area contributed by atoms with Crippen LogP contribution in [0, 0.1) is 0 Å². The van der Waals surface area contributed by atoms with E-state index in [0.29, 0.717) is 11.7 Å². The molecule has 1 heterocycles. The Hall–Kier alpha value is -0.920. The third-order valence-electron chi connectivity index (χ3n) is 2.78. The van der Waals surface area contributed by atoms with Gasteiger partial charge in [0.2, 0.25) is 0 Å². The van der Waals surface area contributed by atoms with Gasteiger partial charge in [0.15, 0.2) is 12.4 Å². The number of hydrogen-bond donors (Lipinski definition) is 1. The number of halogens is 2. The standard InChI is InChI=1S/C14H17Br2N3O2/c1-8(2)14-18-12(21-19-14)7-20-13-10(15)4-9(6-17-3)5-11(13)16/h4-5,8,17H,6-7H2,1-3H3. The Bertz CT molecular complexity index is 591. The molecule has 0 spiro atoms. The summed E-state index contributed by atoms with van der Waals surface area (Å²) >= 11 is 7.04. The fourth-order valence-corrected chi connectivity index (χ4v) is 3.26. The molecule has 1 aromatic carbocycles. The maximum atomic E-state index is 5.77. The van der Waals surface area contributed by atoms with Crippen molar-refractivity contribution in [2.45, 2.75) is 32.9 Å². The molecular formula is C14H17Br2N3O2. The second-order valence-electron chi connectivity index (χ2n) is 4.91. The smallest absolute Gasteiger partial charge is 0.264 e. The molecule has 0 unspecified atom stereocenters. The van der Waals surface area contributed by atoms with E-state index in [2.05, 4.69) is 47.3 Å². The lowest BCUT2D eigenvalue weighted by Crippen LogP contribution is -2.05. The van der Waals surface area contributed by atoms with Crippen LogP contribution >= 0.6 is 31.9 Å². The maximum Gasteiger partial charge on any atom is 0.264 e. The van der Waals surface area contributed by atoms with Crippen LogP contribution in [0.4, 0.5) is 0 Å². The predicted molar refractivity (Wildman–Crippen MR) is 87.3 cm³/mol. The first-order valence-corrected chi connectivity index (χ1v) is 8.17. The van der Waals surface area contributed by atoms with Gasteiger partial charge in [-0.1, -0.05) is 19.0 Å². The van der Waals surface area contributed by atoms with Crippen molar-refractivity contribution in [3.8, 4) is 5.75 Å². The van der Waals surface area contributed by atoms with Crippen molar-refractivity contribution < 1.29 is 9.26 Å². The van der Waals surface area contributed by atoms with Crippen LogP contribution in [0.3, 0.4) is 0 Å². The third-order valence-corrected chi connectivity index (χ3v) is 3.96. The summed E-state index contributed by atoms with van der Waals surface area (Å²) in [5, 5.41) is 7.03. The van der Waals surface area contributed by atoms with Crippen molar-refractivity contribution >= 4 is 31.9 Å². The highest BCUT2D eigenvalue weighted by Crippen LogP contribution is 2.35. The fourth-order valence-electron chi connectivity index (χ4n) is 1.75. The van der Waals surface area contributed by atoms with Gasteiger partial charge in [-0.2, -0.15) is 4.98 Å². The van der Waals surface area contributed by atoms with Gasteiger partial charge in [0, 0.05) is 12.5 Å². The van der Waals surface area contributed by atoms with Gasteiger partial charge in [0.05, 0.1) is 8.95 Å². The first-order valence-electron chi connectivity index (χ1n) is 6.59. The van der Waals surface area contributed by atoms with Gasteiger partial charge in [-0.05, 0) is 56.6 Å². The van der Waals surface area contributed by atoms with Crippen molar-refractivity contribution in [1.29, 1.82) is 0 Å². The van der Waals surface area contributed by atoms with Gasteiger partial charge in [-0.15, -0.1) is 0 Å². The molecule has 0 aliphatic heterocycles. The van der Waals surface area contributed by atoms with Crippen molar-refractivity contribution in [3.63, 3.8) is 0 Å². The van der Waals surface area contributed by atoms with E-state index in [4.69, 9.17) is 9.26 Å². The van der Waals surface area contributed by atoms with E-state index in [0.717, 1.165) is 26.8 Å². The molecule has 5 nitrogen and oxygen atoms in total. The van der Waals surface area contributed by atoms with Gasteiger partial charge in [-0.3, -0.25) is 0 Å². The average Bonchev–Trinajstić information content (AvgIpc) is 2.87. The zero-order valence-electron chi connectivity index (χ0n) is 12.1. The van der Waals surface area contributed by atoms with Gasteiger partial charge in [0.1, 0.15) is 5.75 Å². The van der Waals surface area contributed by atoms with Crippen molar-refractivity contribution in [1.82, 2.24) is 15.5 Å². The van der Waals surface area contributed by atoms with E-state index in [1.165, 1.54) is 0 Å². The van der Waals surface area contributed by atoms with E-state index in [1.807, 2.05) is 33.0 Å². The van der Waals surface area contributed by atoms with Gasteiger partial charge in [0.25, 0.3) is 5.89 Å². The fraction of sp³-hybridized carbons (Fsp3) is 0.429. The van der Waals surface area contributed by atoms with E-state index < -0.39 is 0 Å². The van der Waals surface area contributed by atoms with E-state index >= 15 is 0 Å². The Labute approximate surface area is 140 Å². The zero-order chi connectivity index (χ0) is 15.4. The number of aromatic nitrogens is 2. The number of rotatable bonds is 6. The largest absolute Gasteiger partial charge is 0.481 e. The molecule has 0 saturated carbocycles. The minimum Gasteiger partial charge on any atom is -0.481 e. The SMILES string of the molecule is CNCc1cc(Br)c(OCc2nc(C(C)C)no2)c(Br)c1. The molecule has 21 heavy (non-hydrogen) atoms. The lowest BCUT2D eigenvalue weighted by Gasteiger charge is -2.10. The summed E-state index contributed by atoms with van der Waals surface area (Å²) in [6.07, 6.45) is 0. The Kier molecular flexibility index (Phi) is 5.78. The van der Waals surface area contributed by atoms with Crippen LogP contribution in [0.25, 0.3) is 0 Å². The summed E-state index contributed by atoms with van der Waals surface area (Å²) in [4.78, 5) is 4.29. The Morgan fingerprint density at radius 3 is 2.48 bits per heavy atom. The van der Waals surface area contributed by atoms with Crippen LogP contribution in [0.2, 0.25) is 0 Å². The molecule has 1 N–H and O–H groups in total. The zero-order valence-corrected chi connectivity index (χ0v) is 15.3. The van der Waals surface area contributed by atoms with Crippen molar-refractivity contribution in [3.05, 3.63) is 38.4 Å². The van der Waals surface area contributed by atoms with E-state index in [-0.39, 0.29) is 12.5 Å². The van der Waals surface area contributed by atoms with Crippen LogP contribution in [-0.2, 0) is 13.2 Å². The second kappa shape index (κ2) is 7.38. The van der Waals surface area contributed by atoms with Gasteiger partial charge >= 0.3 is 0 Å². The molecule has 114 valence electrons. The Morgan fingerprint density at radius 1 is 1.29 bits per heavy atom. The normalized spacial score (nSPS) is 11.1. The topological polar surface area (TPSA) is 60.2 Å². The first kappa shape index (κ1) is 16.5. The molecular weight excluding hydrogens is 402 g/mol. The van der Waals surface area contributed by atoms with Crippen molar-refractivity contribution in [2.24, 2.45) is 0 Å². The van der Waals surface area contributed by atoms with Crippen LogP contribution in [-0.4, -0.2) is 17.2 Å². The van der Waals surface area contributed by atoms with Crippen LogP contribution in [0.15, 0.2) is 25.6 Å². The molecule has 0 bridgehead atoms. The molecule has 2 aromatic rings. The highest BCUT2D eigenvalue weighted by molar-refractivity contribution is 9.11. The van der Waals surface area contributed by atoms with Gasteiger partial charge < -0.3 is 14.6 Å². The molecule has 0 amide bonds. The quantitative estimate of drug-likeness (QED) is 0.767. The Morgan fingerprint density at radius 2 is 1.95 bits per heavy atom. The summed E-state index contributed by atoms with van der Waals surface area (Å²) in [5.41, 5.74) is 1.16. The predicted octanol–water partition coefficient (Wildman–Crippen LogP) is 4.02. The summed E-state index contributed by atoms with van der Waals surface area (Å²) in [5.74, 6) is 2.12. The van der Waals surface area contributed by atoms with Crippen molar-refractivity contribution in [2.75, 3.05) is 7.05 Å². The molecule has 0 fully saturated rings. The number of hydrogen-bond acceptors (Lipinski definition) is 5. The number of benzene rings is 1. The molecule has 7 heteroatoms. The molecule has 1 aromatic heterocycles. The third kappa shape index (κ3) is 4.28. The molecule has 0 atom stereocenters. The summed E-state index contributed by atoms with van der Waals surface area (Å²) < 4.78 is 12.7. The van der Waals surface area contributed by atoms with Crippen LogP contribution < -0.4 is 10.1 Å². The second-order valence-corrected chi connectivity index (χ2v) is 6.62. The average molecular weight is 419 g/mol. The Balaban J connectivity index is 2.08. The number of nitrogens with one attached hydrogen (secondary N) is 1. The summed E-state index contributed by atoms with van der Waals surface area (Å²) in [6.45, 7) is 5.06. The number of ether oxygens (including phenoxy) is 1.